The van der Waals surface area contributed by atoms with Crippen LogP contribution in [0.15, 0.2) is 0 Å². The monoisotopic (exact) mass is 184 g/mol. The fraction of sp³-hybridized carbons (Fsp3) is 1.00. The van der Waals surface area contributed by atoms with Crippen LogP contribution in [0.3, 0.4) is 0 Å². The van der Waals surface area contributed by atoms with E-state index in [2.05, 4.69) is 5.14 Å². The van der Waals surface area contributed by atoms with Crippen LogP contribution in [0.1, 0.15) is 0 Å². The van der Waals surface area contributed by atoms with E-state index in [-0.39, 0.29) is 5.75 Å². The second-order valence-corrected chi connectivity index (χ2v) is 4.44. The topological polar surface area (TPSA) is 60.2 Å². The van der Waals surface area contributed by atoms with Gasteiger partial charge in [0.05, 0.1) is 0 Å². The summed E-state index contributed by atoms with van der Waals surface area (Å²) in [5.74, 6) is 0.146. The summed E-state index contributed by atoms with van der Waals surface area (Å²) in [6.07, 6.45) is 0. The van der Waals surface area contributed by atoms with Gasteiger partial charge in [-0.2, -0.15) is 0 Å². The van der Waals surface area contributed by atoms with Gasteiger partial charge >= 0.3 is 51.1 Å². The van der Waals surface area contributed by atoms with Gasteiger partial charge in [0.25, 0.3) is 0 Å². The summed E-state index contributed by atoms with van der Waals surface area (Å²) in [7, 11) is -3.14. The number of hydrogen-bond donors (Lipinski definition) is 1. The molecule has 0 aromatic carbocycles. The molecular weight excluding hydrogens is 175 g/mol. The molecule has 7 heavy (non-hydrogen) atoms. The first-order valence-electron chi connectivity index (χ1n) is 1.86. The molecule has 5 heteroatoms. The van der Waals surface area contributed by atoms with Gasteiger partial charge in [-0.1, -0.05) is 0 Å². The molecule has 0 fully saturated rings. The van der Waals surface area contributed by atoms with Gasteiger partial charge in [-0.05, 0) is 0 Å². The molecule has 0 aliphatic carbocycles. The molecule has 0 amide bonds. The molecule has 2 N–H and O–H groups in total. The molecule has 43 valence electrons. The van der Waals surface area contributed by atoms with E-state index < -0.39 is 10.0 Å². The Hall–Kier alpha value is 0.453. The number of hydrogen-bond acceptors (Lipinski definition) is 2. The first-order chi connectivity index (χ1) is 3.06. The van der Waals surface area contributed by atoms with Gasteiger partial charge in [-0.15, -0.1) is 0 Å². The van der Waals surface area contributed by atoms with Crippen molar-refractivity contribution < 1.29 is 8.42 Å². The molecular formula is C2H8GeNO2S. The Morgan fingerprint density at radius 3 is 2.00 bits per heavy atom. The van der Waals surface area contributed by atoms with Crippen molar-refractivity contribution >= 4 is 26.5 Å². The van der Waals surface area contributed by atoms with Gasteiger partial charge in [0, 0.05) is 0 Å². The fourth-order valence-corrected chi connectivity index (χ4v) is 3.14. The fourth-order valence-electron chi connectivity index (χ4n) is 0.201. The quantitative estimate of drug-likeness (QED) is 0.520. The molecule has 0 saturated carbocycles. The van der Waals surface area contributed by atoms with E-state index in [0.717, 1.165) is 21.8 Å². The Morgan fingerprint density at radius 2 is 2.00 bits per heavy atom. The van der Waals surface area contributed by atoms with E-state index in [1.807, 2.05) is 0 Å². The normalized spacial score (nSPS) is 11.7. The van der Waals surface area contributed by atoms with Crippen LogP contribution < -0.4 is 5.14 Å². The summed E-state index contributed by atoms with van der Waals surface area (Å²) >= 11 is 0.996. The van der Waals surface area contributed by atoms with Crippen molar-refractivity contribution in [1.29, 1.82) is 0 Å². The first kappa shape index (κ1) is 7.45. The van der Waals surface area contributed by atoms with E-state index in [4.69, 9.17) is 0 Å². The van der Waals surface area contributed by atoms with Crippen LogP contribution in [0.25, 0.3) is 0 Å². The predicted molar refractivity (Wildman–Crippen MR) is 31.3 cm³/mol. The zero-order valence-electron chi connectivity index (χ0n) is 3.92. The number of primary sulfonamides is 1. The standard InChI is InChI=1S/C2H8GeNO2S/c3-1-2-7(4,5)6/h1-3H2,(H2,4,5,6). The maximum atomic E-state index is 10.0. The van der Waals surface area contributed by atoms with Gasteiger partial charge in [-0.25, -0.2) is 0 Å². The van der Waals surface area contributed by atoms with Gasteiger partial charge in [0.15, 0.2) is 0 Å². The molecule has 0 aliphatic heterocycles. The van der Waals surface area contributed by atoms with E-state index >= 15 is 0 Å². The third-order valence-corrected chi connectivity index (χ3v) is 3.10. The Balaban J connectivity index is 3.60. The van der Waals surface area contributed by atoms with Gasteiger partial charge in [-0.3, -0.25) is 0 Å². The van der Waals surface area contributed by atoms with Crippen molar-refractivity contribution in [2.45, 2.75) is 5.25 Å². The van der Waals surface area contributed by atoms with Crippen molar-refractivity contribution in [3.8, 4) is 0 Å². The van der Waals surface area contributed by atoms with Crippen LogP contribution in [-0.4, -0.2) is 30.7 Å². The Labute approximate surface area is 51.5 Å². The molecule has 0 unspecified atom stereocenters. The van der Waals surface area contributed by atoms with E-state index in [0.29, 0.717) is 0 Å². The molecule has 0 rings (SSSR count). The van der Waals surface area contributed by atoms with E-state index in [1.54, 1.807) is 0 Å². The van der Waals surface area contributed by atoms with Crippen molar-refractivity contribution in [3.63, 3.8) is 0 Å². The van der Waals surface area contributed by atoms with Gasteiger partial charge < -0.3 is 0 Å². The molecule has 3 nitrogen and oxygen atoms in total. The summed E-state index contributed by atoms with van der Waals surface area (Å²) in [5, 5.41) is 5.36. The van der Waals surface area contributed by atoms with Gasteiger partial charge in [0.2, 0.25) is 0 Å². The summed E-state index contributed by atoms with van der Waals surface area (Å²) in [4.78, 5) is 0. The maximum absolute atomic E-state index is 10.0. The Morgan fingerprint density at radius 1 is 1.57 bits per heavy atom. The number of rotatable bonds is 2. The third kappa shape index (κ3) is 6.45. The number of nitrogens with two attached hydrogens (primary N) is 1. The third-order valence-electron chi connectivity index (χ3n) is 0.429. The molecule has 0 atom stereocenters. The van der Waals surface area contributed by atoms with E-state index in [1.165, 1.54) is 0 Å². The zero-order valence-corrected chi connectivity index (χ0v) is 7.71. The molecule has 0 saturated heterocycles. The average molecular weight is 183 g/mol. The van der Waals surface area contributed by atoms with E-state index in [9.17, 15) is 8.42 Å². The van der Waals surface area contributed by atoms with Crippen molar-refractivity contribution in [2.75, 3.05) is 5.75 Å². The Kier molecular flexibility index (Phi) is 2.86. The predicted octanol–water partition coefficient (Wildman–Crippen LogP) is -1.67. The Bertz CT molecular complexity index is 129. The summed E-state index contributed by atoms with van der Waals surface area (Å²) in [6, 6.07) is 0. The first-order valence-corrected chi connectivity index (χ1v) is 5.67. The second kappa shape index (κ2) is 2.69. The van der Waals surface area contributed by atoms with Crippen LogP contribution in [0.5, 0.6) is 0 Å². The average Bonchev–Trinajstić information content (AvgIpc) is 1.30. The molecule has 1 radical (unpaired) electrons. The van der Waals surface area contributed by atoms with Gasteiger partial charge in [0.1, 0.15) is 0 Å². The molecule has 0 aromatic rings. The SMILES string of the molecule is NS(=O)(=O)C[CH2][GeH2]. The molecule has 0 heterocycles. The summed E-state index contributed by atoms with van der Waals surface area (Å²) in [5.41, 5.74) is 0. The van der Waals surface area contributed by atoms with Crippen LogP contribution in [0.2, 0.25) is 5.25 Å². The minimum atomic E-state index is -3.14. The molecule has 0 aromatic heterocycles. The summed E-state index contributed by atoms with van der Waals surface area (Å²) < 4.78 is 20.1. The van der Waals surface area contributed by atoms with Crippen LogP contribution >= 0.6 is 0 Å². The minimum absolute atomic E-state index is 0.146. The van der Waals surface area contributed by atoms with Crippen molar-refractivity contribution in [2.24, 2.45) is 5.14 Å². The molecule has 0 bridgehead atoms. The van der Waals surface area contributed by atoms with Crippen molar-refractivity contribution in [1.82, 2.24) is 0 Å². The molecule has 0 spiro atoms. The summed E-state index contributed by atoms with van der Waals surface area (Å²) in [6.45, 7) is 0. The van der Waals surface area contributed by atoms with Crippen LogP contribution in [0.4, 0.5) is 0 Å². The number of sulfonamides is 1. The van der Waals surface area contributed by atoms with Crippen LogP contribution in [-0.2, 0) is 10.0 Å². The zero-order chi connectivity index (χ0) is 5.91. The van der Waals surface area contributed by atoms with Crippen molar-refractivity contribution in [3.05, 3.63) is 0 Å². The molecule has 0 aliphatic rings. The second-order valence-electron chi connectivity index (χ2n) is 1.22. The van der Waals surface area contributed by atoms with Crippen LogP contribution in [0, 0.1) is 0 Å².